The summed E-state index contributed by atoms with van der Waals surface area (Å²) in [5.41, 5.74) is 14.4. The summed E-state index contributed by atoms with van der Waals surface area (Å²) in [5, 5.41) is 24.7. The van der Waals surface area contributed by atoms with Crippen molar-refractivity contribution >= 4 is 50.7 Å². The predicted molar refractivity (Wildman–Crippen MR) is 251 cm³/mol. The molecule has 4 N–H and O–H groups in total. The van der Waals surface area contributed by atoms with Crippen molar-refractivity contribution in [2.75, 3.05) is 20.9 Å². The summed E-state index contributed by atoms with van der Waals surface area (Å²) < 4.78 is 0. The molecular weight excluding hydrogens is 737 g/mol. The number of aliphatic hydroxyl groups is 1. The van der Waals surface area contributed by atoms with E-state index >= 15 is 0 Å². The number of nitrogens with one attached hydrogen (secondary N) is 3. The monoisotopic (exact) mass is 794 g/mol. The smallest absolute Gasteiger partial charge is 0.202 e. The van der Waals surface area contributed by atoms with E-state index in [0.29, 0.717) is 11.1 Å². The molecule has 306 valence electrons. The second-order valence-electron chi connectivity index (χ2n) is 20.9. The minimum atomic E-state index is -0.528. The molecule has 6 heteroatoms. The lowest BCUT2D eigenvalue weighted by Crippen LogP contribution is -2.30. The van der Waals surface area contributed by atoms with E-state index in [0.717, 1.165) is 73.1 Å². The second-order valence-corrected chi connectivity index (χ2v) is 20.9. The third-order valence-corrected chi connectivity index (χ3v) is 13.8. The summed E-state index contributed by atoms with van der Waals surface area (Å²) in [4.78, 5) is 16.5. The van der Waals surface area contributed by atoms with Gasteiger partial charge in [-0.15, -0.1) is 0 Å². The molecule has 0 amide bonds. The summed E-state index contributed by atoms with van der Waals surface area (Å²) in [7, 11) is 0. The van der Waals surface area contributed by atoms with Crippen LogP contribution in [0.5, 0.6) is 0 Å². The Hall–Kier alpha value is -6.01. The van der Waals surface area contributed by atoms with Crippen LogP contribution < -0.4 is 20.9 Å². The number of nitrogens with zero attached hydrogens (tertiary/aromatic N) is 1. The third-order valence-electron chi connectivity index (χ3n) is 13.8. The van der Waals surface area contributed by atoms with Gasteiger partial charge in [0.15, 0.2) is 0 Å². The number of Topliss-reactive ketones (excluding diaryl/α,β-unsaturated/α-hetero) is 1. The average molecular weight is 795 g/mol. The van der Waals surface area contributed by atoms with E-state index in [9.17, 15) is 9.90 Å². The zero-order valence-corrected chi connectivity index (χ0v) is 37.2. The van der Waals surface area contributed by atoms with Crippen LogP contribution in [0, 0.1) is 0 Å². The first kappa shape index (κ1) is 39.5. The molecule has 5 aromatic carbocycles. The molecule has 3 heterocycles. The van der Waals surface area contributed by atoms with Gasteiger partial charge in [-0.2, -0.15) is 0 Å². The van der Waals surface area contributed by atoms with Crippen LogP contribution in [0.3, 0.4) is 0 Å². The van der Waals surface area contributed by atoms with E-state index in [-0.39, 0.29) is 27.8 Å². The average Bonchev–Trinajstić information content (AvgIpc) is 3.70. The highest BCUT2D eigenvalue weighted by Gasteiger charge is 2.46. The summed E-state index contributed by atoms with van der Waals surface area (Å²) in [6, 6.07) is 33.0. The van der Waals surface area contributed by atoms with E-state index < -0.39 is 10.8 Å². The van der Waals surface area contributed by atoms with Crippen LogP contribution in [0.15, 0.2) is 138 Å². The molecular formula is C54H58N4O2. The highest BCUT2D eigenvalue weighted by Crippen LogP contribution is 2.54. The van der Waals surface area contributed by atoms with Crippen molar-refractivity contribution in [1.82, 2.24) is 0 Å². The number of ketones is 1. The molecule has 1 aliphatic carbocycles. The number of hydrogen-bond donors (Lipinski definition) is 4. The molecule has 0 fully saturated rings. The van der Waals surface area contributed by atoms with Crippen molar-refractivity contribution in [2.45, 2.75) is 110 Å². The highest BCUT2D eigenvalue weighted by atomic mass is 16.3. The molecule has 6 nitrogen and oxygen atoms in total. The Kier molecular flexibility index (Phi) is 8.38. The van der Waals surface area contributed by atoms with Crippen molar-refractivity contribution < 1.29 is 9.90 Å². The van der Waals surface area contributed by atoms with E-state index in [4.69, 9.17) is 0 Å². The van der Waals surface area contributed by atoms with Gasteiger partial charge in [0.1, 0.15) is 5.76 Å². The Morgan fingerprint density at radius 2 is 1.10 bits per heavy atom. The number of carbonyl (C=O) groups excluding carboxylic acids is 1. The van der Waals surface area contributed by atoms with Crippen molar-refractivity contribution in [3.05, 3.63) is 165 Å². The van der Waals surface area contributed by atoms with Gasteiger partial charge < -0.3 is 26.0 Å². The van der Waals surface area contributed by atoms with Gasteiger partial charge in [-0.3, -0.25) is 4.79 Å². The minimum Gasteiger partial charge on any atom is -0.506 e. The molecule has 0 spiro atoms. The maximum absolute atomic E-state index is 14.2. The lowest BCUT2D eigenvalue weighted by Gasteiger charge is -2.30. The fourth-order valence-corrected chi connectivity index (χ4v) is 9.54. The van der Waals surface area contributed by atoms with Crippen LogP contribution in [-0.2, 0) is 31.9 Å². The molecule has 5 aromatic rings. The number of benzene rings is 5. The fraction of sp³-hybridized carbons (Fsp3) is 0.315. The number of carbonyl (C=O) groups is 1. The molecule has 0 aromatic heterocycles. The first-order valence-corrected chi connectivity index (χ1v) is 21.2. The largest absolute Gasteiger partial charge is 0.506 e. The van der Waals surface area contributed by atoms with Gasteiger partial charge in [0.25, 0.3) is 0 Å². The Labute approximate surface area is 355 Å². The summed E-state index contributed by atoms with van der Waals surface area (Å²) in [6.07, 6.45) is 1.85. The molecule has 3 aliphatic heterocycles. The number of hydrogen-bond acceptors (Lipinski definition) is 6. The van der Waals surface area contributed by atoms with E-state index in [2.05, 4.69) is 202 Å². The topological polar surface area (TPSA) is 76.6 Å². The van der Waals surface area contributed by atoms with E-state index in [1.54, 1.807) is 0 Å². The van der Waals surface area contributed by atoms with Crippen LogP contribution in [0.1, 0.15) is 111 Å². The highest BCUT2D eigenvalue weighted by molar-refractivity contribution is 6.22. The number of rotatable bonds is 4. The summed E-state index contributed by atoms with van der Waals surface area (Å²) in [6.45, 7) is 30.7. The van der Waals surface area contributed by atoms with Crippen molar-refractivity contribution in [1.29, 1.82) is 0 Å². The van der Waals surface area contributed by atoms with Crippen LogP contribution >= 0.6 is 0 Å². The quantitative estimate of drug-likeness (QED) is 0.136. The predicted octanol–water partition coefficient (Wildman–Crippen LogP) is 13.8. The van der Waals surface area contributed by atoms with Gasteiger partial charge in [-0.25, -0.2) is 0 Å². The molecule has 0 saturated heterocycles. The second kappa shape index (κ2) is 12.7. The van der Waals surface area contributed by atoms with E-state index in [1.165, 1.54) is 16.7 Å². The number of aliphatic hydroxyl groups excluding tert-OH is 1. The Morgan fingerprint density at radius 3 is 1.62 bits per heavy atom. The molecule has 60 heavy (non-hydrogen) atoms. The van der Waals surface area contributed by atoms with Crippen molar-refractivity contribution in [3.63, 3.8) is 0 Å². The number of allylic oxidation sites excluding steroid dienone is 6. The van der Waals surface area contributed by atoms with Gasteiger partial charge in [0.2, 0.25) is 5.78 Å². The Bertz CT molecular complexity index is 2740. The fourth-order valence-electron chi connectivity index (χ4n) is 9.54. The minimum absolute atomic E-state index is 0.0265. The lowest BCUT2D eigenvalue weighted by atomic mass is 9.75. The van der Waals surface area contributed by atoms with Crippen molar-refractivity contribution in [3.8, 4) is 0 Å². The molecule has 4 aliphatic rings. The van der Waals surface area contributed by atoms with Gasteiger partial charge in [-0.1, -0.05) is 138 Å². The van der Waals surface area contributed by atoms with Gasteiger partial charge in [-0.05, 0) is 87.2 Å². The van der Waals surface area contributed by atoms with Crippen LogP contribution in [0.2, 0.25) is 0 Å². The maximum atomic E-state index is 14.2. The molecule has 0 radical (unpaired) electrons. The standard InChI is InChI=1S/C54H58N4O2/c1-30-52(8,9)39-25-23-37-36(45(39)55-30)24-26-40-46(37)57-49(54(40,12)13)44-47(59)38(48(44)60)29-43-53(10,11)41-28-35(22-27-42(41)56-43)58(33-18-14-31(15-19-33)50(2,3)4)34-20-16-32(17-21-34)51(5,6)7/h14-29,55-57,59H,1H2,2-13H3/b43-29?,49-44+. The molecule has 0 bridgehead atoms. The normalized spacial score (nSPS) is 20.4. The summed E-state index contributed by atoms with van der Waals surface area (Å²) >= 11 is 0. The van der Waals surface area contributed by atoms with Crippen LogP contribution in [-0.4, -0.2) is 10.9 Å². The third kappa shape index (κ3) is 5.78. The molecule has 0 unspecified atom stereocenters. The maximum Gasteiger partial charge on any atom is 0.202 e. The number of fused-ring (bicyclic) bond motifs is 6. The Morgan fingerprint density at radius 1 is 0.600 bits per heavy atom. The van der Waals surface area contributed by atoms with Crippen molar-refractivity contribution in [2.24, 2.45) is 0 Å². The zero-order valence-electron chi connectivity index (χ0n) is 37.2. The summed E-state index contributed by atoms with van der Waals surface area (Å²) in [5.74, 6) is -0.134. The number of anilines is 6. The molecule has 0 saturated carbocycles. The lowest BCUT2D eigenvalue weighted by molar-refractivity contribution is -0.113. The Balaban J connectivity index is 1.06. The first-order valence-electron chi connectivity index (χ1n) is 21.2. The SMILES string of the molecule is C=C1Nc2c(ccc3c4c(ccc23)C(C)(C)/C(=C2\C(=O)C(C=C3Nc5ccc(N(c6ccc(C(C)(C)C)cc6)c6ccc(C(C)(C)C)cc6)cc5C3(C)C)=C2O)N4)C1(C)C. The first-order chi connectivity index (χ1) is 28.0. The van der Waals surface area contributed by atoms with Crippen LogP contribution in [0.25, 0.3) is 10.8 Å². The van der Waals surface area contributed by atoms with E-state index in [1.807, 2.05) is 6.08 Å². The molecule has 0 atom stereocenters. The zero-order chi connectivity index (χ0) is 43.1. The van der Waals surface area contributed by atoms with Crippen LogP contribution in [0.4, 0.5) is 34.1 Å². The molecule has 9 rings (SSSR count). The van der Waals surface area contributed by atoms with Gasteiger partial charge >= 0.3 is 0 Å². The van der Waals surface area contributed by atoms with Gasteiger partial charge in [0.05, 0.1) is 22.5 Å². The van der Waals surface area contributed by atoms with Gasteiger partial charge in [0, 0.05) is 66.9 Å².